The summed E-state index contributed by atoms with van der Waals surface area (Å²) in [7, 11) is 0. The fraction of sp³-hybridized carbons (Fsp3) is 0.350. The van der Waals surface area contributed by atoms with Crippen molar-refractivity contribution in [2.45, 2.75) is 25.2 Å². The highest BCUT2D eigenvalue weighted by Crippen LogP contribution is 2.45. The molecule has 1 N–H and O–H groups in total. The molecule has 2 aromatic carbocycles. The fourth-order valence-electron chi connectivity index (χ4n) is 4.11. The number of rotatable bonds is 2. The van der Waals surface area contributed by atoms with E-state index >= 15 is 0 Å². The molecule has 0 fully saturated rings. The van der Waals surface area contributed by atoms with Crippen LogP contribution in [-0.4, -0.2) is 24.6 Å². The smallest absolute Gasteiger partial charge is 0.283 e. The molecule has 2 aliphatic heterocycles. The first-order chi connectivity index (χ1) is 12.2. The number of aryl methyl sites for hydroxylation is 1. The van der Waals surface area contributed by atoms with Crippen LogP contribution >= 0.6 is 11.8 Å². The summed E-state index contributed by atoms with van der Waals surface area (Å²) in [4.78, 5) is 14.3. The van der Waals surface area contributed by atoms with Gasteiger partial charge in [-0.05, 0) is 66.5 Å². The molecule has 3 nitrogen and oxygen atoms in total. The number of amides is 1. The van der Waals surface area contributed by atoms with Crippen LogP contribution in [-0.2, 0) is 6.42 Å². The Kier molecular flexibility index (Phi) is 4.42. The Labute approximate surface area is 151 Å². The third-order valence-electron chi connectivity index (χ3n) is 5.15. The number of anilines is 2. The number of carbonyl (C=O) groups excluding carboxylic acids is 1. The zero-order chi connectivity index (χ0) is 17.4. The lowest BCUT2D eigenvalue weighted by Gasteiger charge is -2.40. The average molecular weight is 356 g/mol. The van der Waals surface area contributed by atoms with Gasteiger partial charge < -0.3 is 10.2 Å². The molecule has 0 aromatic heterocycles. The topological polar surface area (TPSA) is 32.3 Å². The van der Waals surface area contributed by atoms with Crippen LogP contribution < -0.4 is 10.2 Å². The summed E-state index contributed by atoms with van der Waals surface area (Å²) < 4.78 is 13.8. The van der Waals surface area contributed by atoms with Crippen LogP contribution in [0, 0.1) is 5.82 Å². The van der Waals surface area contributed by atoms with Crippen LogP contribution in [0.15, 0.2) is 36.4 Å². The molecule has 0 saturated carbocycles. The Bertz CT molecular complexity index is 823. The summed E-state index contributed by atoms with van der Waals surface area (Å²) in [6, 6.07) is 11.1. The summed E-state index contributed by atoms with van der Waals surface area (Å²) in [5.41, 5.74) is 5.67. The minimum Gasteiger partial charge on any atom is -0.371 e. The molecule has 1 unspecified atom stereocenters. The molecule has 0 aliphatic carbocycles. The van der Waals surface area contributed by atoms with Crippen molar-refractivity contribution in [2.75, 3.05) is 29.6 Å². The van der Waals surface area contributed by atoms with Gasteiger partial charge in [-0.15, -0.1) is 0 Å². The molecular weight excluding hydrogens is 335 g/mol. The highest BCUT2D eigenvalue weighted by atomic mass is 32.2. The number of carbonyl (C=O) groups is 1. The van der Waals surface area contributed by atoms with Gasteiger partial charge in [-0.2, -0.15) is 0 Å². The van der Waals surface area contributed by atoms with Crippen molar-refractivity contribution < 1.29 is 9.18 Å². The first-order valence-electron chi connectivity index (χ1n) is 8.68. The first-order valence-corrected chi connectivity index (χ1v) is 9.90. The monoisotopic (exact) mass is 356 g/mol. The first kappa shape index (κ1) is 16.5. The van der Waals surface area contributed by atoms with E-state index in [0.29, 0.717) is 0 Å². The quantitative estimate of drug-likeness (QED) is 0.821. The SMILES string of the molecule is CSC(=O)Nc1cc2c3c(c1)C(c1cccc(F)c1)CCN3CCC2. The summed E-state index contributed by atoms with van der Waals surface area (Å²) in [5, 5.41) is 2.91. The largest absolute Gasteiger partial charge is 0.371 e. The van der Waals surface area contributed by atoms with Gasteiger partial charge in [-0.1, -0.05) is 23.9 Å². The molecule has 0 saturated heterocycles. The van der Waals surface area contributed by atoms with Gasteiger partial charge in [0.2, 0.25) is 0 Å². The van der Waals surface area contributed by atoms with E-state index in [9.17, 15) is 9.18 Å². The summed E-state index contributed by atoms with van der Waals surface area (Å²) in [5.74, 6) is -0.0226. The van der Waals surface area contributed by atoms with E-state index in [2.05, 4.69) is 22.3 Å². The molecule has 0 spiro atoms. The second-order valence-corrected chi connectivity index (χ2v) is 7.46. The van der Waals surface area contributed by atoms with Crippen LogP contribution in [0.5, 0.6) is 0 Å². The van der Waals surface area contributed by atoms with Crippen LogP contribution in [0.2, 0.25) is 0 Å². The molecule has 130 valence electrons. The third kappa shape index (κ3) is 3.13. The molecule has 1 amide bonds. The van der Waals surface area contributed by atoms with E-state index in [4.69, 9.17) is 0 Å². The highest BCUT2D eigenvalue weighted by Gasteiger charge is 2.31. The molecule has 2 heterocycles. The van der Waals surface area contributed by atoms with E-state index in [-0.39, 0.29) is 17.0 Å². The average Bonchev–Trinajstić information content (AvgIpc) is 2.62. The van der Waals surface area contributed by atoms with E-state index in [1.807, 2.05) is 6.07 Å². The molecule has 0 radical (unpaired) electrons. The van der Waals surface area contributed by atoms with Crippen molar-refractivity contribution in [1.29, 1.82) is 0 Å². The zero-order valence-corrected chi connectivity index (χ0v) is 15.0. The molecule has 0 bridgehead atoms. The van der Waals surface area contributed by atoms with Crippen molar-refractivity contribution in [2.24, 2.45) is 0 Å². The third-order valence-corrected chi connectivity index (χ3v) is 5.63. The Morgan fingerprint density at radius 2 is 2.16 bits per heavy atom. The number of nitrogens with one attached hydrogen (secondary N) is 1. The minimum absolute atomic E-state index is 0.0575. The molecular formula is C20H21FN2OS. The normalized spacial score (nSPS) is 18.6. The van der Waals surface area contributed by atoms with Crippen LogP contribution in [0.1, 0.15) is 35.4 Å². The maximum atomic E-state index is 13.8. The number of halogens is 1. The summed E-state index contributed by atoms with van der Waals surface area (Å²) >= 11 is 1.17. The number of benzene rings is 2. The van der Waals surface area contributed by atoms with Crippen molar-refractivity contribution in [3.8, 4) is 0 Å². The van der Waals surface area contributed by atoms with Gasteiger partial charge in [0.05, 0.1) is 0 Å². The molecule has 1 atom stereocenters. The van der Waals surface area contributed by atoms with E-state index in [1.54, 1.807) is 18.4 Å². The lowest BCUT2D eigenvalue weighted by atomic mass is 9.81. The predicted octanol–water partition coefficient (Wildman–Crippen LogP) is 5.01. The van der Waals surface area contributed by atoms with Gasteiger partial charge >= 0.3 is 0 Å². The van der Waals surface area contributed by atoms with Crippen LogP contribution in [0.25, 0.3) is 0 Å². The Morgan fingerprint density at radius 3 is 2.96 bits per heavy atom. The lowest BCUT2D eigenvalue weighted by molar-refractivity contribution is 0.270. The van der Waals surface area contributed by atoms with Crippen molar-refractivity contribution in [3.05, 3.63) is 58.9 Å². The predicted molar refractivity (Wildman–Crippen MR) is 102 cm³/mol. The van der Waals surface area contributed by atoms with Gasteiger partial charge in [0.25, 0.3) is 5.24 Å². The highest BCUT2D eigenvalue weighted by molar-refractivity contribution is 8.13. The van der Waals surface area contributed by atoms with Gasteiger partial charge in [0.15, 0.2) is 0 Å². The standard InChI is InChI=1S/C20H21FN2OS/c1-25-20(24)22-16-11-14-5-3-8-23-9-7-17(18(12-16)19(14)23)13-4-2-6-15(21)10-13/h2,4,6,10-12,17H,3,5,7-9H2,1H3,(H,22,24). The second kappa shape index (κ2) is 6.71. The van der Waals surface area contributed by atoms with Gasteiger partial charge in [-0.25, -0.2) is 4.39 Å². The Morgan fingerprint density at radius 1 is 1.28 bits per heavy atom. The number of nitrogens with zero attached hydrogens (tertiary/aromatic N) is 1. The maximum absolute atomic E-state index is 13.8. The number of hydrogen-bond donors (Lipinski definition) is 1. The molecule has 25 heavy (non-hydrogen) atoms. The van der Waals surface area contributed by atoms with Gasteiger partial charge in [-0.3, -0.25) is 4.79 Å². The van der Waals surface area contributed by atoms with E-state index < -0.39 is 0 Å². The number of thioether (sulfide) groups is 1. The molecule has 5 heteroatoms. The molecule has 2 aromatic rings. The molecule has 2 aliphatic rings. The van der Waals surface area contributed by atoms with E-state index in [1.165, 1.54) is 34.6 Å². The van der Waals surface area contributed by atoms with Crippen LogP contribution in [0.3, 0.4) is 0 Å². The van der Waals surface area contributed by atoms with Crippen molar-refractivity contribution >= 4 is 28.4 Å². The Balaban J connectivity index is 1.82. The van der Waals surface area contributed by atoms with Crippen molar-refractivity contribution in [3.63, 3.8) is 0 Å². The minimum atomic E-state index is -0.194. The van der Waals surface area contributed by atoms with Crippen molar-refractivity contribution in [1.82, 2.24) is 0 Å². The second-order valence-electron chi connectivity index (χ2n) is 6.68. The maximum Gasteiger partial charge on any atom is 0.283 e. The van der Waals surface area contributed by atoms with E-state index in [0.717, 1.165) is 43.6 Å². The summed E-state index contributed by atoms with van der Waals surface area (Å²) in [6.45, 7) is 2.07. The van der Waals surface area contributed by atoms with Crippen LogP contribution in [0.4, 0.5) is 20.6 Å². The summed E-state index contributed by atoms with van der Waals surface area (Å²) in [6.07, 6.45) is 4.90. The number of hydrogen-bond acceptors (Lipinski definition) is 3. The van der Waals surface area contributed by atoms with Gasteiger partial charge in [0, 0.05) is 30.4 Å². The Hall–Kier alpha value is -2.01. The van der Waals surface area contributed by atoms with Gasteiger partial charge in [0.1, 0.15) is 5.82 Å². The fourth-order valence-corrected chi connectivity index (χ4v) is 4.33. The zero-order valence-electron chi connectivity index (χ0n) is 14.2. The molecule has 4 rings (SSSR count). The lowest BCUT2D eigenvalue weighted by Crippen LogP contribution is -2.36.